The smallest absolute Gasteiger partial charge is 0.122 e. The zero-order valence-electron chi connectivity index (χ0n) is 9.86. The summed E-state index contributed by atoms with van der Waals surface area (Å²) in [6.07, 6.45) is 1.08. The molecule has 1 aliphatic rings. The van der Waals surface area contributed by atoms with Crippen LogP contribution in [0.5, 0.6) is 5.75 Å². The van der Waals surface area contributed by atoms with Crippen molar-refractivity contribution in [3.63, 3.8) is 0 Å². The molecule has 1 aliphatic heterocycles. The van der Waals surface area contributed by atoms with E-state index >= 15 is 0 Å². The van der Waals surface area contributed by atoms with Crippen molar-refractivity contribution < 1.29 is 14.6 Å². The molecular weight excluding hydrogens is 240 g/mol. The second kappa shape index (κ2) is 5.71. The van der Waals surface area contributed by atoms with Gasteiger partial charge in [0.25, 0.3) is 0 Å². The van der Waals surface area contributed by atoms with Crippen LogP contribution >= 0.6 is 11.6 Å². The molecule has 94 valence electrons. The minimum absolute atomic E-state index is 0.221. The zero-order chi connectivity index (χ0) is 12.3. The molecule has 0 amide bonds. The van der Waals surface area contributed by atoms with Crippen LogP contribution in [0.4, 0.5) is 0 Å². The first-order valence-corrected chi connectivity index (χ1v) is 6.16. The van der Waals surface area contributed by atoms with Gasteiger partial charge < -0.3 is 14.6 Å². The third-order valence-electron chi connectivity index (χ3n) is 3.18. The molecule has 0 bridgehead atoms. The van der Waals surface area contributed by atoms with Crippen LogP contribution in [0.15, 0.2) is 18.2 Å². The van der Waals surface area contributed by atoms with Gasteiger partial charge in [-0.1, -0.05) is 11.6 Å². The summed E-state index contributed by atoms with van der Waals surface area (Å²) in [5.74, 6) is 0.992. The van der Waals surface area contributed by atoms with Gasteiger partial charge in [-0.3, -0.25) is 0 Å². The second-order valence-electron chi connectivity index (χ2n) is 4.35. The highest BCUT2D eigenvalue weighted by Gasteiger charge is 2.24. The molecule has 2 rings (SSSR count). The van der Waals surface area contributed by atoms with E-state index in [4.69, 9.17) is 21.1 Å². The summed E-state index contributed by atoms with van der Waals surface area (Å²) in [5.41, 5.74) is 0.944. The Bertz CT molecular complexity index is 375. The lowest BCUT2D eigenvalue weighted by molar-refractivity contribution is 0.0913. The van der Waals surface area contributed by atoms with Crippen LogP contribution in [0.3, 0.4) is 0 Å². The summed E-state index contributed by atoms with van der Waals surface area (Å²) in [7, 11) is 1.62. The van der Waals surface area contributed by atoms with Gasteiger partial charge in [0.05, 0.1) is 19.8 Å². The highest BCUT2D eigenvalue weighted by Crippen LogP contribution is 2.27. The molecule has 0 radical (unpaired) electrons. The Labute approximate surface area is 106 Å². The summed E-state index contributed by atoms with van der Waals surface area (Å²) in [6.45, 7) is 1.39. The van der Waals surface area contributed by atoms with Crippen LogP contribution < -0.4 is 4.74 Å². The van der Waals surface area contributed by atoms with Crippen molar-refractivity contribution in [3.05, 3.63) is 28.8 Å². The lowest BCUT2D eigenvalue weighted by atomic mass is 9.95. The Morgan fingerprint density at radius 2 is 2.41 bits per heavy atom. The normalized spacial score (nSPS) is 21.5. The fourth-order valence-corrected chi connectivity index (χ4v) is 2.35. The molecule has 1 N–H and O–H groups in total. The molecule has 1 heterocycles. The molecule has 1 aromatic rings. The quantitative estimate of drug-likeness (QED) is 0.898. The summed E-state index contributed by atoms with van der Waals surface area (Å²) in [6, 6.07) is 5.46. The van der Waals surface area contributed by atoms with Crippen LogP contribution in [0, 0.1) is 5.92 Å². The van der Waals surface area contributed by atoms with Gasteiger partial charge in [0, 0.05) is 24.0 Å². The Hall–Kier alpha value is -0.770. The van der Waals surface area contributed by atoms with Gasteiger partial charge in [0.1, 0.15) is 5.75 Å². The molecule has 0 spiro atoms. The molecule has 17 heavy (non-hydrogen) atoms. The number of benzene rings is 1. The van der Waals surface area contributed by atoms with Gasteiger partial charge in [0.2, 0.25) is 0 Å². The zero-order valence-corrected chi connectivity index (χ0v) is 10.6. The van der Waals surface area contributed by atoms with Crippen molar-refractivity contribution in [2.45, 2.75) is 18.9 Å². The minimum atomic E-state index is -0.398. The highest BCUT2D eigenvalue weighted by atomic mass is 35.5. The predicted octanol–water partition coefficient (Wildman–Crippen LogP) is 2.29. The average molecular weight is 257 g/mol. The van der Waals surface area contributed by atoms with Crippen molar-refractivity contribution in [2.75, 3.05) is 20.3 Å². The predicted molar refractivity (Wildman–Crippen MR) is 66.6 cm³/mol. The molecule has 3 nitrogen and oxygen atoms in total. The van der Waals surface area contributed by atoms with Crippen LogP contribution in [0.25, 0.3) is 0 Å². The van der Waals surface area contributed by atoms with Crippen molar-refractivity contribution in [1.29, 1.82) is 0 Å². The van der Waals surface area contributed by atoms with Gasteiger partial charge in [-0.25, -0.2) is 0 Å². The highest BCUT2D eigenvalue weighted by molar-refractivity contribution is 6.30. The standard InChI is InChI=1S/C13H17ClO3/c1-16-13-3-2-11(14)6-10(13)7-12(15)9-4-5-17-8-9/h2-3,6,9,12,15H,4-5,7-8H2,1H3. The lowest BCUT2D eigenvalue weighted by Gasteiger charge is -2.18. The first-order valence-electron chi connectivity index (χ1n) is 5.79. The molecule has 4 heteroatoms. The second-order valence-corrected chi connectivity index (χ2v) is 4.79. The van der Waals surface area contributed by atoms with E-state index in [2.05, 4.69) is 0 Å². The van der Waals surface area contributed by atoms with Crippen molar-refractivity contribution in [2.24, 2.45) is 5.92 Å². The fourth-order valence-electron chi connectivity index (χ4n) is 2.15. The van der Waals surface area contributed by atoms with Gasteiger partial charge >= 0.3 is 0 Å². The molecule has 2 atom stereocenters. The molecule has 1 fully saturated rings. The fraction of sp³-hybridized carbons (Fsp3) is 0.538. The van der Waals surface area contributed by atoms with E-state index in [9.17, 15) is 5.11 Å². The number of hydrogen-bond donors (Lipinski definition) is 1. The largest absolute Gasteiger partial charge is 0.496 e. The monoisotopic (exact) mass is 256 g/mol. The first kappa shape index (κ1) is 12.7. The summed E-state index contributed by atoms with van der Waals surface area (Å²) >= 11 is 5.96. The maximum absolute atomic E-state index is 10.1. The Morgan fingerprint density at radius 1 is 1.59 bits per heavy atom. The van der Waals surface area contributed by atoms with Crippen LogP contribution in [0.2, 0.25) is 5.02 Å². The molecule has 1 aromatic carbocycles. The van der Waals surface area contributed by atoms with E-state index < -0.39 is 6.10 Å². The van der Waals surface area contributed by atoms with Crippen LogP contribution in [0.1, 0.15) is 12.0 Å². The van der Waals surface area contributed by atoms with E-state index in [-0.39, 0.29) is 5.92 Å². The van der Waals surface area contributed by atoms with E-state index in [1.807, 2.05) is 12.1 Å². The number of methoxy groups -OCH3 is 1. The van der Waals surface area contributed by atoms with Crippen molar-refractivity contribution in [3.8, 4) is 5.75 Å². The molecule has 1 saturated heterocycles. The Kier molecular flexibility index (Phi) is 4.26. The van der Waals surface area contributed by atoms with E-state index in [0.29, 0.717) is 18.1 Å². The number of rotatable bonds is 4. The van der Waals surface area contributed by atoms with Gasteiger partial charge in [-0.05, 0) is 30.2 Å². The van der Waals surface area contributed by atoms with Crippen molar-refractivity contribution >= 4 is 11.6 Å². The number of aliphatic hydroxyl groups excluding tert-OH is 1. The number of halogens is 1. The summed E-state index contributed by atoms with van der Waals surface area (Å²) in [4.78, 5) is 0. The third-order valence-corrected chi connectivity index (χ3v) is 3.42. The van der Waals surface area contributed by atoms with Gasteiger partial charge in [0.15, 0.2) is 0 Å². The molecule has 0 aliphatic carbocycles. The summed E-state index contributed by atoms with van der Waals surface area (Å²) in [5, 5.41) is 10.8. The Balaban J connectivity index is 2.08. The maximum Gasteiger partial charge on any atom is 0.122 e. The first-order chi connectivity index (χ1) is 8.20. The SMILES string of the molecule is COc1ccc(Cl)cc1CC(O)C1CCOC1. The lowest BCUT2D eigenvalue weighted by Crippen LogP contribution is -2.23. The van der Waals surface area contributed by atoms with E-state index in [0.717, 1.165) is 24.3 Å². The van der Waals surface area contributed by atoms with Crippen LogP contribution in [-0.4, -0.2) is 31.5 Å². The Morgan fingerprint density at radius 3 is 3.06 bits per heavy atom. The molecule has 2 unspecified atom stereocenters. The average Bonchev–Trinajstić information content (AvgIpc) is 2.83. The van der Waals surface area contributed by atoms with Crippen LogP contribution in [-0.2, 0) is 11.2 Å². The number of hydrogen-bond acceptors (Lipinski definition) is 3. The van der Waals surface area contributed by atoms with E-state index in [1.54, 1.807) is 13.2 Å². The van der Waals surface area contributed by atoms with Gasteiger partial charge in [-0.2, -0.15) is 0 Å². The van der Waals surface area contributed by atoms with Crippen molar-refractivity contribution in [1.82, 2.24) is 0 Å². The topological polar surface area (TPSA) is 38.7 Å². The molecule has 0 aromatic heterocycles. The third kappa shape index (κ3) is 3.12. The van der Waals surface area contributed by atoms with E-state index in [1.165, 1.54) is 0 Å². The molecular formula is C13H17ClO3. The van der Waals surface area contributed by atoms with Gasteiger partial charge in [-0.15, -0.1) is 0 Å². The molecule has 0 saturated carbocycles. The minimum Gasteiger partial charge on any atom is -0.496 e. The number of aliphatic hydroxyl groups is 1. The summed E-state index contributed by atoms with van der Waals surface area (Å²) < 4.78 is 10.5. The number of ether oxygens (including phenoxy) is 2. The maximum atomic E-state index is 10.1.